The lowest BCUT2D eigenvalue weighted by molar-refractivity contribution is -0.0962. The Morgan fingerprint density at radius 3 is 2.65 bits per heavy atom. The number of anilines is 1. The number of imidazole rings is 1. The number of methoxy groups -OCH3 is 1. The van der Waals surface area contributed by atoms with Crippen molar-refractivity contribution in [3.05, 3.63) is 12.0 Å². The van der Waals surface area contributed by atoms with Gasteiger partial charge in [-0.2, -0.15) is 4.98 Å². The average Bonchev–Trinajstić information content (AvgIpc) is 2.91. The highest BCUT2D eigenvalue weighted by atomic mass is 19.1. The molecule has 0 aliphatic rings. The van der Waals surface area contributed by atoms with Crippen LogP contribution >= 0.6 is 0 Å². The second-order valence-electron chi connectivity index (χ2n) is 4.76. The molecular formula is C14H20FN5O3. The smallest absolute Gasteiger partial charge is 0.222 e. The van der Waals surface area contributed by atoms with Gasteiger partial charge in [-0.15, -0.1) is 6.42 Å². The Morgan fingerprint density at radius 1 is 1.57 bits per heavy atom. The molecule has 23 heavy (non-hydrogen) atoms. The van der Waals surface area contributed by atoms with Gasteiger partial charge < -0.3 is 25.3 Å². The van der Waals surface area contributed by atoms with E-state index in [2.05, 4.69) is 19.7 Å². The standard InChI is InChI=1S/C7H11FO3.C7H9N5/c1-3-7(5-9,11-2)6(10)4-8;1-4-5-6(11-7(8)10-4)12(2)3-9-5/h1,6,9-10H,4-5H2,2H3;3H,1-2H3,(H2,8,10,11)/t6-,7?;/m0./s1. The molecule has 0 radical (unpaired) electrons. The molecule has 0 aliphatic carbocycles. The van der Waals surface area contributed by atoms with Crippen molar-refractivity contribution in [1.29, 1.82) is 0 Å². The Hall–Kier alpha value is -2.28. The van der Waals surface area contributed by atoms with Gasteiger partial charge in [0.15, 0.2) is 11.2 Å². The minimum absolute atomic E-state index is 0.295. The number of nitrogen functional groups attached to an aromatic ring is 1. The predicted molar refractivity (Wildman–Crippen MR) is 83.1 cm³/mol. The van der Waals surface area contributed by atoms with E-state index in [4.69, 9.17) is 22.4 Å². The summed E-state index contributed by atoms with van der Waals surface area (Å²) in [7, 11) is 3.08. The molecule has 2 aromatic rings. The van der Waals surface area contributed by atoms with Crippen LogP contribution in [0, 0.1) is 19.3 Å². The Kier molecular flexibility index (Phi) is 6.38. The summed E-state index contributed by atoms with van der Waals surface area (Å²) in [6, 6.07) is 0. The van der Waals surface area contributed by atoms with Crippen LogP contribution in [0.3, 0.4) is 0 Å². The number of halogens is 1. The van der Waals surface area contributed by atoms with E-state index < -0.39 is 25.0 Å². The number of hydrogen-bond acceptors (Lipinski definition) is 7. The molecule has 2 aromatic heterocycles. The van der Waals surface area contributed by atoms with E-state index >= 15 is 0 Å². The van der Waals surface area contributed by atoms with Gasteiger partial charge in [0, 0.05) is 14.2 Å². The topological polar surface area (TPSA) is 119 Å². The number of aliphatic hydroxyl groups is 2. The van der Waals surface area contributed by atoms with Gasteiger partial charge in [0.05, 0.1) is 18.6 Å². The SMILES string of the molecule is C#CC(CO)(OC)[C@@H](O)CF.Cc1nc(N)nc2c1ncn2C. The number of rotatable bonds is 4. The first-order chi connectivity index (χ1) is 10.8. The maximum atomic E-state index is 11.9. The van der Waals surface area contributed by atoms with E-state index in [1.54, 1.807) is 6.33 Å². The van der Waals surface area contributed by atoms with Crippen molar-refractivity contribution in [2.24, 2.45) is 7.05 Å². The lowest BCUT2D eigenvalue weighted by atomic mass is 10.00. The second-order valence-corrected chi connectivity index (χ2v) is 4.76. The van der Waals surface area contributed by atoms with Crippen LogP contribution in [0.2, 0.25) is 0 Å². The quantitative estimate of drug-likeness (QED) is 0.653. The van der Waals surface area contributed by atoms with E-state index in [0.29, 0.717) is 5.95 Å². The van der Waals surface area contributed by atoms with Crippen LogP contribution in [0.25, 0.3) is 11.2 Å². The molecule has 2 atom stereocenters. The fourth-order valence-electron chi connectivity index (χ4n) is 1.80. The van der Waals surface area contributed by atoms with Crippen molar-refractivity contribution < 1.29 is 19.3 Å². The highest BCUT2D eigenvalue weighted by Crippen LogP contribution is 2.14. The predicted octanol–water partition coefficient (Wildman–Crippen LogP) is -0.419. The van der Waals surface area contributed by atoms with Gasteiger partial charge in [-0.3, -0.25) is 0 Å². The zero-order valence-corrected chi connectivity index (χ0v) is 13.2. The molecule has 0 fully saturated rings. The number of nitrogens with zero attached hydrogens (tertiary/aromatic N) is 4. The first-order valence-electron chi connectivity index (χ1n) is 6.64. The van der Waals surface area contributed by atoms with Gasteiger partial charge in [-0.25, -0.2) is 14.4 Å². The normalized spacial score (nSPS) is 14.5. The molecule has 9 heteroatoms. The lowest BCUT2D eigenvalue weighted by Gasteiger charge is -2.27. The van der Waals surface area contributed by atoms with Gasteiger partial charge >= 0.3 is 0 Å². The Morgan fingerprint density at radius 2 is 2.22 bits per heavy atom. The van der Waals surface area contributed by atoms with Gasteiger partial charge in [-0.1, -0.05) is 5.92 Å². The summed E-state index contributed by atoms with van der Waals surface area (Å²) in [6.45, 7) is 0.219. The number of terminal acetylenes is 1. The average molecular weight is 325 g/mol. The van der Waals surface area contributed by atoms with Crippen molar-refractivity contribution in [2.75, 3.05) is 26.1 Å². The molecule has 126 valence electrons. The molecule has 0 amide bonds. The van der Waals surface area contributed by atoms with Crippen molar-refractivity contribution >= 4 is 17.1 Å². The molecule has 0 saturated heterocycles. The molecule has 8 nitrogen and oxygen atoms in total. The molecule has 4 N–H and O–H groups in total. The lowest BCUT2D eigenvalue weighted by Crippen LogP contribution is -2.47. The van der Waals surface area contributed by atoms with Gasteiger partial charge in [0.2, 0.25) is 5.95 Å². The van der Waals surface area contributed by atoms with E-state index in [1.807, 2.05) is 24.5 Å². The third-order valence-electron chi connectivity index (χ3n) is 3.28. The zero-order valence-electron chi connectivity index (χ0n) is 13.2. The van der Waals surface area contributed by atoms with Crippen molar-refractivity contribution in [2.45, 2.75) is 18.6 Å². The fourth-order valence-corrected chi connectivity index (χ4v) is 1.80. The van der Waals surface area contributed by atoms with Crippen molar-refractivity contribution in [3.63, 3.8) is 0 Å². The minimum Gasteiger partial charge on any atom is -0.392 e. The van der Waals surface area contributed by atoms with Crippen LogP contribution in [0.4, 0.5) is 10.3 Å². The van der Waals surface area contributed by atoms with Crippen LogP contribution in [-0.4, -0.2) is 61.8 Å². The number of aryl methyl sites for hydroxylation is 2. The molecule has 0 saturated carbocycles. The highest BCUT2D eigenvalue weighted by molar-refractivity contribution is 5.74. The molecule has 0 bridgehead atoms. The number of aromatic nitrogens is 4. The summed E-state index contributed by atoms with van der Waals surface area (Å²) in [4.78, 5) is 12.2. The maximum Gasteiger partial charge on any atom is 0.222 e. The van der Waals surface area contributed by atoms with Crippen LogP contribution in [0.15, 0.2) is 6.33 Å². The van der Waals surface area contributed by atoms with Gasteiger partial charge in [-0.05, 0) is 6.92 Å². The Balaban J connectivity index is 0.000000232. The van der Waals surface area contributed by atoms with Crippen molar-refractivity contribution in [1.82, 2.24) is 19.5 Å². The third kappa shape index (κ3) is 3.92. The summed E-state index contributed by atoms with van der Waals surface area (Å²) >= 11 is 0. The number of fused-ring (bicyclic) bond motifs is 1. The summed E-state index contributed by atoms with van der Waals surface area (Å²) in [5, 5.41) is 17.6. The number of aliphatic hydroxyl groups excluding tert-OH is 2. The van der Waals surface area contributed by atoms with E-state index in [1.165, 1.54) is 7.11 Å². The number of ether oxygens (including phenoxy) is 1. The van der Waals surface area contributed by atoms with Crippen LogP contribution in [0.1, 0.15) is 5.69 Å². The summed E-state index contributed by atoms with van der Waals surface area (Å²) < 4.78 is 18.3. The molecule has 2 rings (SSSR count). The number of nitrogens with two attached hydrogens (primary N) is 1. The van der Waals surface area contributed by atoms with E-state index in [0.717, 1.165) is 16.9 Å². The molecule has 2 heterocycles. The molecular weight excluding hydrogens is 305 g/mol. The Bertz CT molecular complexity index is 694. The van der Waals surface area contributed by atoms with Gasteiger partial charge in [0.1, 0.15) is 18.3 Å². The fraction of sp³-hybridized carbons (Fsp3) is 0.500. The molecule has 0 aromatic carbocycles. The Labute approximate surface area is 133 Å². The number of hydrogen-bond donors (Lipinski definition) is 3. The van der Waals surface area contributed by atoms with Gasteiger partial charge in [0.25, 0.3) is 0 Å². The largest absolute Gasteiger partial charge is 0.392 e. The van der Waals surface area contributed by atoms with Crippen LogP contribution in [-0.2, 0) is 11.8 Å². The summed E-state index contributed by atoms with van der Waals surface area (Å²) in [6.07, 6.45) is 5.16. The third-order valence-corrected chi connectivity index (χ3v) is 3.28. The maximum absolute atomic E-state index is 11.9. The van der Waals surface area contributed by atoms with E-state index in [-0.39, 0.29) is 0 Å². The highest BCUT2D eigenvalue weighted by Gasteiger charge is 2.35. The van der Waals surface area contributed by atoms with Crippen LogP contribution < -0.4 is 5.73 Å². The van der Waals surface area contributed by atoms with Crippen LogP contribution in [0.5, 0.6) is 0 Å². The number of alkyl halides is 1. The molecule has 1 unspecified atom stereocenters. The van der Waals surface area contributed by atoms with E-state index in [9.17, 15) is 4.39 Å². The monoisotopic (exact) mass is 325 g/mol. The molecule has 0 spiro atoms. The second kappa shape index (κ2) is 7.82. The zero-order chi connectivity index (χ0) is 17.6. The molecule has 0 aliphatic heterocycles. The first kappa shape index (κ1) is 18.8. The summed E-state index contributed by atoms with van der Waals surface area (Å²) in [5.74, 6) is 2.30. The summed E-state index contributed by atoms with van der Waals surface area (Å²) in [5.41, 5.74) is 6.29. The minimum atomic E-state index is -1.60. The first-order valence-corrected chi connectivity index (χ1v) is 6.64. The van der Waals surface area contributed by atoms with Crippen molar-refractivity contribution in [3.8, 4) is 12.3 Å².